The highest BCUT2D eigenvalue weighted by molar-refractivity contribution is 5.70. The molecule has 0 bridgehead atoms. The summed E-state index contributed by atoms with van der Waals surface area (Å²) in [6, 6.07) is 5.50. The Kier molecular flexibility index (Phi) is 2.18. The van der Waals surface area contributed by atoms with E-state index in [9.17, 15) is 14.9 Å². The van der Waals surface area contributed by atoms with Gasteiger partial charge in [-0.2, -0.15) is 0 Å². The van der Waals surface area contributed by atoms with E-state index in [0.29, 0.717) is 5.56 Å². The van der Waals surface area contributed by atoms with Crippen LogP contribution in [-0.2, 0) is 11.2 Å². The number of aliphatic carboxylic acids is 1. The van der Waals surface area contributed by atoms with Crippen LogP contribution in [0, 0.1) is 10.1 Å². The third kappa shape index (κ3) is 2.55. The molecule has 0 spiro atoms. The van der Waals surface area contributed by atoms with Crippen molar-refractivity contribution in [1.29, 1.82) is 1.43 Å². The van der Waals surface area contributed by atoms with Crippen LogP contribution < -0.4 is 0 Å². The van der Waals surface area contributed by atoms with Crippen molar-refractivity contribution >= 4 is 11.7 Å². The van der Waals surface area contributed by atoms with Crippen LogP contribution in [0.1, 0.15) is 5.56 Å². The van der Waals surface area contributed by atoms with Crippen molar-refractivity contribution < 1.29 is 14.8 Å². The molecular weight excluding hydrogens is 174 g/mol. The topological polar surface area (TPSA) is 80.4 Å². The molecule has 0 aliphatic rings. The van der Waals surface area contributed by atoms with Gasteiger partial charge in [-0.15, -0.1) is 0 Å². The van der Waals surface area contributed by atoms with E-state index < -0.39 is 10.9 Å². The minimum Gasteiger partial charge on any atom is -0.481 e. The molecular formula is C8H7NO4. The smallest absolute Gasteiger partial charge is 0.307 e. The van der Waals surface area contributed by atoms with Gasteiger partial charge in [0.2, 0.25) is 0 Å². The second-order valence-corrected chi connectivity index (χ2v) is 2.47. The zero-order valence-electron chi connectivity index (χ0n) is 7.60. The number of carboxylic acid groups (broad SMARTS) is 1. The normalized spacial score (nSPS) is 10.3. The van der Waals surface area contributed by atoms with Gasteiger partial charge in [0.05, 0.1) is 11.3 Å². The summed E-state index contributed by atoms with van der Waals surface area (Å²) in [5.74, 6) is -0.696. The van der Waals surface area contributed by atoms with Gasteiger partial charge < -0.3 is 5.11 Å². The molecule has 0 aromatic heterocycles. The fraction of sp³-hybridized carbons (Fsp3) is 0.125. The monoisotopic (exact) mass is 182 g/mol. The van der Waals surface area contributed by atoms with Crippen LogP contribution in [0.3, 0.4) is 0 Å². The summed E-state index contributed by atoms with van der Waals surface area (Å²) in [5, 5.41) is 14.0. The minimum absolute atomic E-state index is 0.0343. The molecule has 0 aliphatic heterocycles. The van der Waals surface area contributed by atoms with E-state index in [1.807, 2.05) is 0 Å². The Labute approximate surface area is 75.3 Å². The van der Waals surface area contributed by atoms with E-state index in [1.165, 1.54) is 24.3 Å². The van der Waals surface area contributed by atoms with E-state index in [4.69, 9.17) is 1.43 Å². The molecule has 0 saturated carbocycles. The second-order valence-electron chi connectivity index (χ2n) is 2.47. The number of benzene rings is 1. The molecule has 0 fully saturated rings. The number of carboxylic acids is 1. The molecule has 0 heterocycles. The number of nitro benzene ring substituents is 1. The second kappa shape index (κ2) is 3.66. The maximum atomic E-state index is 10.7. The van der Waals surface area contributed by atoms with Crippen molar-refractivity contribution in [1.82, 2.24) is 0 Å². The van der Waals surface area contributed by atoms with Gasteiger partial charge in [0.25, 0.3) is 7.12 Å². The van der Waals surface area contributed by atoms with Crippen LogP contribution in [0.2, 0.25) is 0 Å². The Morgan fingerprint density at radius 1 is 1.54 bits per heavy atom. The first-order valence-corrected chi connectivity index (χ1v) is 3.53. The molecule has 5 heteroatoms. The van der Waals surface area contributed by atoms with Crippen molar-refractivity contribution in [3.63, 3.8) is 0 Å². The maximum Gasteiger partial charge on any atom is 0.307 e. The fourth-order valence-electron chi connectivity index (χ4n) is 0.902. The highest BCUT2D eigenvalue weighted by atomic mass is 16.6. The number of nitrogens with zero attached hydrogens (tertiary/aromatic N) is 1. The van der Waals surface area contributed by atoms with Gasteiger partial charge in [-0.3, -0.25) is 14.9 Å². The molecule has 0 radical (unpaired) electrons. The standard InChI is InChI=1S/C8H7NO4/c10-8(11)5-6-1-3-7(4-2-6)9(12)13/h1-4H,5H2,(H,10,11)/i/hD. The van der Waals surface area contributed by atoms with Crippen LogP contribution in [-0.4, -0.2) is 16.0 Å². The molecule has 5 nitrogen and oxygen atoms in total. The van der Waals surface area contributed by atoms with Gasteiger partial charge in [-0.25, -0.2) is 0 Å². The average Bonchev–Trinajstić information content (AvgIpc) is 2.18. The average molecular weight is 182 g/mol. The molecule has 0 atom stereocenters. The Balaban J connectivity index is 2.73. The Bertz CT molecular complexity index is 349. The van der Waals surface area contributed by atoms with Crippen molar-refractivity contribution in [3.8, 4) is 0 Å². The maximum absolute atomic E-state index is 10.7. The predicted molar refractivity (Wildman–Crippen MR) is 44.4 cm³/mol. The molecule has 1 N–H and O–H groups in total. The van der Waals surface area contributed by atoms with Gasteiger partial charge >= 0.3 is 5.97 Å². The lowest BCUT2D eigenvalue weighted by Crippen LogP contribution is -1.99. The first-order valence-electron chi connectivity index (χ1n) is 3.93. The molecule has 0 saturated heterocycles. The van der Waals surface area contributed by atoms with Crippen molar-refractivity contribution in [3.05, 3.63) is 39.9 Å². The van der Waals surface area contributed by atoms with E-state index in [1.54, 1.807) is 0 Å². The predicted octanol–water partition coefficient (Wildman–Crippen LogP) is 1.22. The van der Waals surface area contributed by atoms with E-state index in [2.05, 4.69) is 5.11 Å². The van der Waals surface area contributed by atoms with Crippen LogP contribution in [0.5, 0.6) is 0 Å². The van der Waals surface area contributed by atoms with Crippen molar-refractivity contribution in [2.75, 3.05) is 0 Å². The van der Waals surface area contributed by atoms with Crippen LogP contribution in [0.4, 0.5) is 5.69 Å². The molecule has 1 rings (SSSR count). The first-order chi connectivity index (χ1) is 6.63. The zero-order chi connectivity index (χ0) is 10.6. The summed E-state index contributed by atoms with van der Waals surface area (Å²) in [7, 11) is 0. The number of rotatable bonds is 3. The Hall–Kier alpha value is -1.91. The number of carbonyl (C=O) groups is 1. The SMILES string of the molecule is [2H]OC(=O)Cc1ccc([N+](=O)[O-])cc1. The van der Waals surface area contributed by atoms with Gasteiger partial charge in [-0.05, 0) is 5.56 Å². The van der Waals surface area contributed by atoms with E-state index >= 15 is 0 Å². The van der Waals surface area contributed by atoms with Gasteiger partial charge in [-0.1, -0.05) is 12.1 Å². The highest BCUT2D eigenvalue weighted by Gasteiger charge is 2.05. The Morgan fingerprint density at radius 3 is 2.62 bits per heavy atom. The van der Waals surface area contributed by atoms with Crippen LogP contribution in [0.15, 0.2) is 24.3 Å². The summed E-state index contributed by atoms with van der Waals surface area (Å²) >= 11 is 0. The molecule has 68 valence electrons. The third-order valence-electron chi connectivity index (χ3n) is 1.50. The van der Waals surface area contributed by atoms with Gasteiger partial charge in [0.15, 0.2) is 0 Å². The zero-order valence-corrected chi connectivity index (χ0v) is 6.60. The molecule has 0 amide bonds. The first kappa shape index (κ1) is 7.72. The molecule has 1 aromatic rings. The van der Waals surface area contributed by atoms with E-state index in [-0.39, 0.29) is 12.1 Å². The summed E-state index contributed by atoms with van der Waals surface area (Å²) in [6.07, 6.45) is -0.0541. The molecule has 13 heavy (non-hydrogen) atoms. The minimum atomic E-state index is -0.696. The summed E-state index contributed by atoms with van der Waals surface area (Å²) in [4.78, 5) is 20.4. The third-order valence-corrected chi connectivity index (χ3v) is 1.50. The fourth-order valence-corrected chi connectivity index (χ4v) is 0.902. The summed E-state index contributed by atoms with van der Waals surface area (Å²) in [6.45, 7) is 0. The summed E-state index contributed by atoms with van der Waals surface area (Å²) < 4.78 is 6.31. The van der Waals surface area contributed by atoms with Gasteiger partial charge in [0.1, 0.15) is 0 Å². The number of hydrogen-bond acceptors (Lipinski definition) is 4. The van der Waals surface area contributed by atoms with Crippen molar-refractivity contribution in [2.24, 2.45) is 0 Å². The van der Waals surface area contributed by atoms with Gasteiger partial charge in [0, 0.05) is 12.1 Å². The molecule has 1 aromatic carbocycles. The molecule has 0 unspecified atom stereocenters. The van der Waals surface area contributed by atoms with Crippen LogP contribution in [0.25, 0.3) is 1.43 Å². The lowest BCUT2D eigenvalue weighted by molar-refractivity contribution is -0.384. The number of nitro groups is 1. The Morgan fingerprint density at radius 2 is 2.15 bits per heavy atom. The number of non-ortho nitro benzene ring substituents is 1. The highest BCUT2D eigenvalue weighted by Crippen LogP contribution is 2.11. The quantitative estimate of drug-likeness (QED) is 0.563. The lowest BCUT2D eigenvalue weighted by Gasteiger charge is -1.95. The summed E-state index contributed by atoms with van der Waals surface area (Å²) in [5.41, 5.74) is 0.542. The molecule has 0 aliphatic carbocycles. The largest absolute Gasteiger partial charge is 0.481 e. The van der Waals surface area contributed by atoms with Crippen LogP contribution >= 0.6 is 0 Å². The van der Waals surface area contributed by atoms with Crippen molar-refractivity contribution in [2.45, 2.75) is 6.42 Å². The lowest BCUT2D eigenvalue weighted by atomic mass is 10.1. The number of hydrogen-bond donors (Lipinski definition) is 1. The van der Waals surface area contributed by atoms with E-state index in [0.717, 1.165) is 0 Å².